The van der Waals surface area contributed by atoms with Crippen molar-refractivity contribution in [2.75, 3.05) is 6.54 Å². The standard InChI is InChI=1S/C17H25NO2S/c1-3-18(17-7-5-4-6-8-17)21(19,20)14-13-16-11-9-15(2)10-12-16/h9-14,17H,3-8H2,1-2H3. The van der Waals surface area contributed by atoms with Crippen molar-refractivity contribution in [3.63, 3.8) is 0 Å². The minimum absolute atomic E-state index is 0.177. The van der Waals surface area contributed by atoms with E-state index in [0.717, 1.165) is 31.2 Å². The highest BCUT2D eigenvalue weighted by molar-refractivity contribution is 7.92. The Balaban J connectivity index is 2.13. The molecule has 0 saturated heterocycles. The zero-order chi connectivity index (χ0) is 15.3. The molecule has 0 unspecified atom stereocenters. The van der Waals surface area contributed by atoms with E-state index in [1.807, 2.05) is 38.1 Å². The number of aryl methyl sites for hydroxylation is 1. The van der Waals surface area contributed by atoms with E-state index in [2.05, 4.69) is 0 Å². The summed E-state index contributed by atoms with van der Waals surface area (Å²) in [5.41, 5.74) is 2.09. The van der Waals surface area contributed by atoms with Crippen LogP contribution in [-0.4, -0.2) is 25.3 Å². The van der Waals surface area contributed by atoms with Crippen molar-refractivity contribution < 1.29 is 8.42 Å². The van der Waals surface area contributed by atoms with Crippen LogP contribution in [0.4, 0.5) is 0 Å². The Bertz CT molecular complexity index is 569. The SMILES string of the molecule is CCN(C1CCCCC1)S(=O)(=O)C=Cc1ccc(C)cc1. The molecule has 3 nitrogen and oxygen atoms in total. The molecule has 1 aromatic rings. The van der Waals surface area contributed by atoms with E-state index in [9.17, 15) is 8.42 Å². The van der Waals surface area contributed by atoms with Gasteiger partial charge in [0, 0.05) is 18.0 Å². The molecular weight excluding hydrogens is 282 g/mol. The summed E-state index contributed by atoms with van der Waals surface area (Å²) < 4.78 is 26.7. The van der Waals surface area contributed by atoms with Gasteiger partial charge in [0.1, 0.15) is 0 Å². The summed E-state index contributed by atoms with van der Waals surface area (Å²) in [4.78, 5) is 0. The number of rotatable bonds is 5. The molecule has 0 N–H and O–H groups in total. The van der Waals surface area contributed by atoms with Crippen LogP contribution in [-0.2, 0) is 10.0 Å². The van der Waals surface area contributed by atoms with E-state index in [-0.39, 0.29) is 6.04 Å². The lowest BCUT2D eigenvalue weighted by Gasteiger charge is -2.31. The molecule has 0 aromatic heterocycles. The topological polar surface area (TPSA) is 37.4 Å². The Morgan fingerprint density at radius 3 is 2.33 bits per heavy atom. The molecule has 2 rings (SSSR count). The van der Waals surface area contributed by atoms with Crippen molar-refractivity contribution in [1.29, 1.82) is 0 Å². The molecule has 0 atom stereocenters. The normalized spacial score (nSPS) is 17.7. The van der Waals surface area contributed by atoms with Crippen molar-refractivity contribution in [2.24, 2.45) is 0 Å². The second kappa shape index (κ2) is 7.23. The molecule has 0 amide bonds. The molecular formula is C17H25NO2S. The fraction of sp³-hybridized carbons (Fsp3) is 0.529. The predicted octanol–water partition coefficient (Wildman–Crippen LogP) is 3.95. The van der Waals surface area contributed by atoms with Crippen LogP contribution in [0.3, 0.4) is 0 Å². The van der Waals surface area contributed by atoms with E-state index in [4.69, 9.17) is 0 Å². The van der Waals surface area contributed by atoms with Gasteiger partial charge in [0.25, 0.3) is 0 Å². The second-order valence-electron chi connectivity index (χ2n) is 5.75. The Kier molecular flexibility index (Phi) is 5.59. The minimum Gasteiger partial charge on any atom is -0.207 e. The van der Waals surface area contributed by atoms with Gasteiger partial charge in [0.15, 0.2) is 0 Å². The first-order valence-corrected chi connectivity index (χ1v) is 9.30. The van der Waals surface area contributed by atoms with Gasteiger partial charge in [-0.3, -0.25) is 0 Å². The smallest absolute Gasteiger partial charge is 0.207 e. The summed E-state index contributed by atoms with van der Waals surface area (Å²) in [5.74, 6) is 0. The quantitative estimate of drug-likeness (QED) is 0.826. The van der Waals surface area contributed by atoms with Crippen LogP contribution in [0.25, 0.3) is 6.08 Å². The van der Waals surface area contributed by atoms with Crippen molar-refractivity contribution in [3.05, 3.63) is 40.8 Å². The van der Waals surface area contributed by atoms with E-state index in [1.165, 1.54) is 17.4 Å². The number of hydrogen-bond donors (Lipinski definition) is 0. The third-order valence-electron chi connectivity index (χ3n) is 4.13. The molecule has 0 radical (unpaired) electrons. The Hall–Kier alpha value is -1.13. The Morgan fingerprint density at radius 2 is 1.76 bits per heavy atom. The maximum Gasteiger partial charge on any atom is 0.236 e. The van der Waals surface area contributed by atoms with Crippen LogP contribution in [0.5, 0.6) is 0 Å². The van der Waals surface area contributed by atoms with Gasteiger partial charge < -0.3 is 0 Å². The molecule has 0 aliphatic heterocycles. The van der Waals surface area contributed by atoms with Gasteiger partial charge in [-0.15, -0.1) is 0 Å². The fourth-order valence-electron chi connectivity index (χ4n) is 2.94. The molecule has 0 spiro atoms. The first kappa shape index (κ1) is 16.2. The van der Waals surface area contributed by atoms with E-state index >= 15 is 0 Å². The van der Waals surface area contributed by atoms with Crippen molar-refractivity contribution >= 4 is 16.1 Å². The fourth-order valence-corrected chi connectivity index (χ4v) is 4.41. The maximum absolute atomic E-state index is 12.5. The molecule has 4 heteroatoms. The van der Waals surface area contributed by atoms with Gasteiger partial charge in [0.2, 0.25) is 10.0 Å². The monoisotopic (exact) mass is 307 g/mol. The zero-order valence-corrected chi connectivity index (χ0v) is 13.8. The largest absolute Gasteiger partial charge is 0.236 e. The first-order chi connectivity index (χ1) is 10.0. The lowest BCUT2D eigenvalue weighted by molar-refractivity contribution is 0.264. The highest BCUT2D eigenvalue weighted by atomic mass is 32.2. The van der Waals surface area contributed by atoms with Gasteiger partial charge in [-0.1, -0.05) is 56.0 Å². The number of sulfonamides is 1. The molecule has 21 heavy (non-hydrogen) atoms. The molecule has 0 bridgehead atoms. The summed E-state index contributed by atoms with van der Waals surface area (Å²) in [6, 6.07) is 8.04. The van der Waals surface area contributed by atoms with Crippen molar-refractivity contribution in [2.45, 2.75) is 52.0 Å². The highest BCUT2D eigenvalue weighted by Crippen LogP contribution is 2.25. The highest BCUT2D eigenvalue weighted by Gasteiger charge is 2.27. The molecule has 1 aliphatic carbocycles. The number of hydrogen-bond acceptors (Lipinski definition) is 2. The van der Waals surface area contributed by atoms with Crippen LogP contribution >= 0.6 is 0 Å². The van der Waals surface area contributed by atoms with Crippen LogP contribution in [0.2, 0.25) is 0 Å². The summed E-state index contributed by atoms with van der Waals surface area (Å²) >= 11 is 0. The van der Waals surface area contributed by atoms with Gasteiger partial charge in [-0.25, -0.2) is 8.42 Å². The third kappa shape index (κ3) is 4.42. The maximum atomic E-state index is 12.5. The summed E-state index contributed by atoms with van der Waals surface area (Å²) in [5, 5.41) is 1.36. The first-order valence-electron chi connectivity index (χ1n) is 7.79. The summed E-state index contributed by atoms with van der Waals surface area (Å²) in [6.07, 6.45) is 7.18. The summed E-state index contributed by atoms with van der Waals surface area (Å²) in [6.45, 7) is 4.49. The lowest BCUT2D eigenvalue weighted by atomic mass is 9.95. The number of nitrogens with zero attached hydrogens (tertiary/aromatic N) is 1. The number of benzene rings is 1. The van der Waals surface area contributed by atoms with Gasteiger partial charge in [0.05, 0.1) is 0 Å². The van der Waals surface area contributed by atoms with Crippen LogP contribution in [0.15, 0.2) is 29.7 Å². The Labute approximate surface area is 128 Å². The second-order valence-corrected chi connectivity index (χ2v) is 7.52. The van der Waals surface area contributed by atoms with Gasteiger partial charge in [-0.2, -0.15) is 4.31 Å². The van der Waals surface area contributed by atoms with Gasteiger partial charge in [-0.05, 0) is 31.4 Å². The van der Waals surface area contributed by atoms with Crippen LogP contribution in [0.1, 0.15) is 50.2 Å². The average Bonchev–Trinajstić information content (AvgIpc) is 2.48. The lowest BCUT2D eigenvalue weighted by Crippen LogP contribution is -2.40. The van der Waals surface area contributed by atoms with Crippen molar-refractivity contribution in [3.8, 4) is 0 Å². The van der Waals surface area contributed by atoms with Crippen molar-refractivity contribution in [1.82, 2.24) is 4.31 Å². The van der Waals surface area contributed by atoms with Gasteiger partial charge >= 0.3 is 0 Å². The molecule has 0 heterocycles. The van der Waals surface area contributed by atoms with Crippen LogP contribution in [0, 0.1) is 6.92 Å². The third-order valence-corrected chi connectivity index (χ3v) is 5.82. The zero-order valence-electron chi connectivity index (χ0n) is 13.0. The predicted molar refractivity (Wildman–Crippen MR) is 88.4 cm³/mol. The molecule has 1 aliphatic rings. The molecule has 1 aromatic carbocycles. The van der Waals surface area contributed by atoms with Crippen LogP contribution < -0.4 is 0 Å². The molecule has 1 fully saturated rings. The van der Waals surface area contributed by atoms with E-state index in [1.54, 1.807) is 10.4 Å². The minimum atomic E-state index is -3.33. The van der Waals surface area contributed by atoms with E-state index in [0.29, 0.717) is 6.54 Å². The molecule has 116 valence electrons. The summed E-state index contributed by atoms with van der Waals surface area (Å²) in [7, 11) is -3.33. The average molecular weight is 307 g/mol. The molecule has 1 saturated carbocycles. The Morgan fingerprint density at radius 1 is 1.14 bits per heavy atom. The van der Waals surface area contributed by atoms with E-state index < -0.39 is 10.0 Å².